The fraction of sp³-hybridized carbons (Fsp3) is 0.115. The van der Waals surface area contributed by atoms with Gasteiger partial charge in [0.05, 0.1) is 24.7 Å². The number of methoxy groups -OCH3 is 1. The predicted octanol–water partition coefficient (Wildman–Crippen LogP) is 5.02. The van der Waals surface area contributed by atoms with Gasteiger partial charge in [-0.3, -0.25) is 0 Å². The minimum absolute atomic E-state index is 0.219. The lowest BCUT2D eigenvalue weighted by Crippen LogP contribution is -2.06. The van der Waals surface area contributed by atoms with Crippen LogP contribution >= 0.6 is 0 Å². The fourth-order valence-electron chi connectivity index (χ4n) is 3.85. The van der Waals surface area contributed by atoms with E-state index in [1.54, 1.807) is 28.9 Å². The molecule has 2 aromatic heterocycles. The van der Waals surface area contributed by atoms with E-state index in [0.29, 0.717) is 40.4 Å². The molecule has 3 N–H and O–H groups in total. The molecule has 0 aliphatic rings. The van der Waals surface area contributed by atoms with Gasteiger partial charge in [0.2, 0.25) is 5.95 Å². The first kappa shape index (κ1) is 22.3. The van der Waals surface area contributed by atoms with Gasteiger partial charge in [0.25, 0.3) is 0 Å². The Hall–Kier alpha value is -4.53. The maximum atomic E-state index is 15.1. The SMILES string of the molecule is COc1ccc(-c2nc(NCc3cccc(F)c3)nc3nn(Cc4ccccc4)c(N)c23)c(F)c1. The second-order valence-corrected chi connectivity index (χ2v) is 7.95. The number of hydrogen-bond donors (Lipinski definition) is 2. The molecule has 9 heteroatoms. The molecule has 0 unspecified atom stereocenters. The Labute approximate surface area is 200 Å². The normalized spacial score (nSPS) is 11.1. The number of fused-ring (bicyclic) bond motifs is 1. The van der Waals surface area contributed by atoms with Crippen molar-refractivity contribution >= 4 is 22.8 Å². The number of nitrogens with two attached hydrogens (primary N) is 1. The van der Waals surface area contributed by atoms with Crippen molar-refractivity contribution < 1.29 is 13.5 Å². The highest BCUT2D eigenvalue weighted by molar-refractivity contribution is 5.99. The molecule has 0 saturated heterocycles. The largest absolute Gasteiger partial charge is 0.497 e. The second kappa shape index (κ2) is 9.38. The Morgan fingerprint density at radius 2 is 1.74 bits per heavy atom. The molecule has 0 aliphatic carbocycles. The lowest BCUT2D eigenvalue weighted by atomic mass is 10.1. The molecule has 0 saturated carbocycles. The summed E-state index contributed by atoms with van der Waals surface area (Å²) in [6.07, 6.45) is 0. The average molecular weight is 472 g/mol. The van der Waals surface area contributed by atoms with Crippen LogP contribution in [0, 0.1) is 11.6 Å². The first-order valence-electron chi connectivity index (χ1n) is 10.9. The second-order valence-electron chi connectivity index (χ2n) is 7.95. The van der Waals surface area contributed by atoms with E-state index in [1.807, 2.05) is 30.3 Å². The van der Waals surface area contributed by atoms with E-state index in [0.717, 1.165) is 5.56 Å². The van der Waals surface area contributed by atoms with Crippen LogP contribution in [0.1, 0.15) is 11.1 Å². The van der Waals surface area contributed by atoms with E-state index in [2.05, 4.69) is 20.4 Å². The summed E-state index contributed by atoms with van der Waals surface area (Å²) in [5.74, 6) is 0.0700. The van der Waals surface area contributed by atoms with Crippen molar-refractivity contribution in [3.63, 3.8) is 0 Å². The Morgan fingerprint density at radius 1 is 0.943 bits per heavy atom. The lowest BCUT2D eigenvalue weighted by Gasteiger charge is -2.10. The van der Waals surface area contributed by atoms with Crippen molar-refractivity contribution in [3.8, 4) is 17.0 Å². The molecule has 0 spiro atoms. The summed E-state index contributed by atoms with van der Waals surface area (Å²) in [7, 11) is 1.47. The number of anilines is 2. The molecule has 0 aliphatic heterocycles. The van der Waals surface area contributed by atoms with Crippen molar-refractivity contribution in [1.82, 2.24) is 19.7 Å². The number of benzene rings is 3. The molecule has 0 atom stereocenters. The van der Waals surface area contributed by atoms with Crippen LogP contribution in [-0.4, -0.2) is 26.9 Å². The number of halogens is 2. The summed E-state index contributed by atoms with van der Waals surface area (Å²) >= 11 is 0. The molecule has 5 rings (SSSR count). The third kappa shape index (κ3) is 4.61. The van der Waals surface area contributed by atoms with Crippen molar-refractivity contribution in [3.05, 3.63) is 95.6 Å². The number of nitrogens with zero attached hydrogens (tertiary/aromatic N) is 4. The van der Waals surface area contributed by atoms with Gasteiger partial charge < -0.3 is 15.8 Å². The smallest absolute Gasteiger partial charge is 0.225 e. The van der Waals surface area contributed by atoms with Crippen LogP contribution in [0.4, 0.5) is 20.5 Å². The molecule has 0 bridgehead atoms. The van der Waals surface area contributed by atoms with Gasteiger partial charge >= 0.3 is 0 Å². The number of hydrogen-bond acceptors (Lipinski definition) is 6. The Morgan fingerprint density at radius 3 is 2.49 bits per heavy atom. The molecule has 0 fully saturated rings. The molecule has 35 heavy (non-hydrogen) atoms. The molecule has 2 heterocycles. The van der Waals surface area contributed by atoms with E-state index in [9.17, 15) is 4.39 Å². The summed E-state index contributed by atoms with van der Waals surface area (Å²) < 4.78 is 35.4. The van der Waals surface area contributed by atoms with Gasteiger partial charge in [-0.05, 0) is 35.4 Å². The molecule has 0 radical (unpaired) electrons. The van der Waals surface area contributed by atoms with Crippen LogP contribution in [0.15, 0.2) is 72.8 Å². The van der Waals surface area contributed by atoms with Gasteiger partial charge in [-0.25, -0.2) is 18.4 Å². The van der Waals surface area contributed by atoms with Crippen LogP contribution in [0.3, 0.4) is 0 Å². The molecule has 3 aromatic carbocycles. The zero-order chi connectivity index (χ0) is 24.4. The third-order valence-corrected chi connectivity index (χ3v) is 5.59. The molecular weight excluding hydrogens is 450 g/mol. The maximum Gasteiger partial charge on any atom is 0.225 e. The van der Waals surface area contributed by atoms with Gasteiger partial charge in [-0.15, -0.1) is 5.10 Å². The lowest BCUT2D eigenvalue weighted by molar-refractivity contribution is 0.411. The van der Waals surface area contributed by atoms with Gasteiger partial charge in [0.15, 0.2) is 5.65 Å². The number of nitrogens with one attached hydrogen (secondary N) is 1. The van der Waals surface area contributed by atoms with E-state index in [4.69, 9.17) is 10.5 Å². The third-order valence-electron chi connectivity index (χ3n) is 5.59. The Kier molecular flexibility index (Phi) is 5.97. The van der Waals surface area contributed by atoms with E-state index in [-0.39, 0.29) is 23.9 Å². The zero-order valence-electron chi connectivity index (χ0n) is 18.9. The van der Waals surface area contributed by atoms with Gasteiger partial charge in [0.1, 0.15) is 23.2 Å². The van der Waals surface area contributed by atoms with Crippen LogP contribution in [0.2, 0.25) is 0 Å². The summed E-state index contributed by atoms with van der Waals surface area (Å²) in [6, 6.07) is 20.4. The minimum Gasteiger partial charge on any atom is -0.497 e. The number of ether oxygens (including phenoxy) is 1. The van der Waals surface area contributed by atoms with Gasteiger partial charge in [-0.1, -0.05) is 42.5 Å². The van der Waals surface area contributed by atoms with E-state index < -0.39 is 5.82 Å². The molecule has 0 amide bonds. The summed E-state index contributed by atoms with van der Waals surface area (Å²) in [5.41, 5.74) is 9.04. The molecule has 176 valence electrons. The van der Waals surface area contributed by atoms with Crippen molar-refractivity contribution in [2.24, 2.45) is 0 Å². The number of nitrogen functional groups attached to an aromatic ring is 1. The Balaban J connectivity index is 1.60. The topological polar surface area (TPSA) is 90.9 Å². The zero-order valence-corrected chi connectivity index (χ0v) is 18.9. The highest BCUT2D eigenvalue weighted by atomic mass is 19.1. The van der Waals surface area contributed by atoms with Crippen molar-refractivity contribution in [2.75, 3.05) is 18.2 Å². The standard InChI is InChI=1S/C26H22F2N6O/c1-35-19-10-11-20(21(28)13-19)23-22-24(29)34(15-16-6-3-2-4-7-16)33-25(22)32-26(31-23)30-14-17-8-5-9-18(27)12-17/h2-13H,14-15,29H2,1H3,(H,30,32,33). The Bertz CT molecular complexity index is 1500. The van der Waals surface area contributed by atoms with Crippen molar-refractivity contribution in [1.29, 1.82) is 0 Å². The van der Waals surface area contributed by atoms with Crippen LogP contribution < -0.4 is 15.8 Å². The highest BCUT2D eigenvalue weighted by Gasteiger charge is 2.21. The average Bonchev–Trinajstić information content (AvgIpc) is 3.17. The number of aromatic nitrogens is 4. The fourth-order valence-corrected chi connectivity index (χ4v) is 3.85. The summed E-state index contributed by atoms with van der Waals surface area (Å²) in [5, 5.41) is 8.11. The maximum absolute atomic E-state index is 15.1. The predicted molar refractivity (Wildman–Crippen MR) is 131 cm³/mol. The van der Waals surface area contributed by atoms with Crippen molar-refractivity contribution in [2.45, 2.75) is 13.1 Å². The van der Waals surface area contributed by atoms with Gasteiger partial charge in [0, 0.05) is 18.2 Å². The van der Waals surface area contributed by atoms with E-state index in [1.165, 1.54) is 25.3 Å². The monoisotopic (exact) mass is 472 g/mol. The first-order valence-corrected chi connectivity index (χ1v) is 10.9. The minimum atomic E-state index is -0.518. The van der Waals surface area contributed by atoms with Crippen LogP contribution in [-0.2, 0) is 13.1 Å². The molecule has 7 nitrogen and oxygen atoms in total. The quantitative estimate of drug-likeness (QED) is 0.346. The van der Waals surface area contributed by atoms with Crippen LogP contribution in [0.25, 0.3) is 22.3 Å². The van der Waals surface area contributed by atoms with Crippen LogP contribution in [0.5, 0.6) is 5.75 Å². The van der Waals surface area contributed by atoms with Gasteiger partial charge in [-0.2, -0.15) is 4.98 Å². The van der Waals surface area contributed by atoms with E-state index >= 15 is 4.39 Å². The summed E-state index contributed by atoms with van der Waals surface area (Å²) in [6.45, 7) is 0.688. The molecular formula is C26H22F2N6O. The first-order chi connectivity index (χ1) is 17.0. The molecule has 5 aromatic rings. The highest BCUT2D eigenvalue weighted by Crippen LogP contribution is 2.34. The summed E-state index contributed by atoms with van der Waals surface area (Å²) in [4.78, 5) is 9.09. The number of rotatable bonds is 7.